The fourth-order valence-corrected chi connectivity index (χ4v) is 3.09. The van der Waals surface area contributed by atoms with E-state index in [2.05, 4.69) is 22.4 Å². The van der Waals surface area contributed by atoms with Crippen molar-refractivity contribution < 1.29 is 13.9 Å². The summed E-state index contributed by atoms with van der Waals surface area (Å²) in [5.74, 6) is 6.70. The number of aromatic nitrogens is 3. The Morgan fingerprint density at radius 1 is 1.33 bits per heavy atom. The lowest BCUT2D eigenvalue weighted by Gasteiger charge is -2.13. The van der Waals surface area contributed by atoms with Gasteiger partial charge in [-0.25, -0.2) is 9.07 Å². The van der Waals surface area contributed by atoms with Crippen molar-refractivity contribution in [1.29, 1.82) is 0 Å². The van der Waals surface area contributed by atoms with Crippen LogP contribution < -0.4 is 15.9 Å². The minimum atomic E-state index is -0.332. The molecule has 2 aromatic rings. The molecule has 0 saturated heterocycles. The number of unbranched alkanes of at least 4 members (excludes halogenated alkanes) is 2. The highest BCUT2D eigenvalue weighted by Crippen LogP contribution is 2.17. The molecule has 2 rings (SSSR count). The summed E-state index contributed by atoms with van der Waals surface area (Å²) < 4.78 is 19.7. The third-order valence-electron chi connectivity index (χ3n) is 3.90. The second-order valence-corrected chi connectivity index (χ2v) is 7.21. The molecule has 0 aliphatic rings. The van der Waals surface area contributed by atoms with Gasteiger partial charge in [0.2, 0.25) is 11.1 Å². The average molecular weight is 396 g/mol. The van der Waals surface area contributed by atoms with Gasteiger partial charge in [0.05, 0.1) is 5.75 Å². The number of carbonyl (C=O) groups is 1. The van der Waals surface area contributed by atoms with Crippen molar-refractivity contribution in [2.75, 3.05) is 11.6 Å². The van der Waals surface area contributed by atoms with Gasteiger partial charge in [-0.1, -0.05) is 37.9 Å². The molecular formula is C18H26FN5O2S. The standard InChI is InChI=1S/C18H26FN5O2S/c1-3-4-5-6-13(2)21-17(25)12-27-18-23-22-16(24(18)20)11-26-15-9-7-14(19)8-10-15/h7-10,13H,3-6,11-12,20H2,1-2H3,(H,21,25). The molecule has 0 bridgehead atoms. The fourth-order valence-electron chi connectivity index (χ4n) is 2.40. The minimum Gasteiger partial charge on any atom is -0.486 e. The summed E-state index contributed by atoms with van der Waals surface area (Å²) in [4.78, 5) is 12.0. The summed E-state index contributed by atoms with van der Waals surface area (Å²) in [7, 11) is 0. The number of nitrogens with zero attached hydrogens (tertiary/aromatic N) is 3. The van der Waals surface area contributed by atoms with Crippen LogP contribution in [-0.4, -0.2) is 32.6 Å². The van der Waals surface area contributed by atoms with E-state index in [-0.39, 0.29) is 30.1 Å². The first-order valence-corrected chi connectivity index (χ1v) is 9.98. The second kappa shape index (κ2) is 10.8. The van der Waals surface area contributed by atoms with E-state index >= 15 is 0 Å². The van der Waals surface area contributed by atoms with Crippen LogP contribution >= 0.6 is 11.8 Å². The molecule has 1 unspecified atom stereocenters. The zero-order valence-corrected chi connectivity index (χ0v) is 16.5. The summed E-state index contributed by atoms with van der Waals surface area (Å²) in [5.41, 5.74) is 0. The molecule has 0 spiro atoms. The topological polar surface area (TPSA) is 95.1 Å². The van der Waals surface area contributed by atoms with Crippen molar-refractivity contribution in [3.63, 3.8) is 0 Å². The lowest BCUT2D eigenvalue weighted by atomic mass is 10.1. The molecule has 9 heteroatoms. The SMILES string of the molecule is CCCCCC(C)NC(=O)CSc1nnc(COc2ccc(F)cc2)n1N. The maximum absolute atomic E-state index is 12.9. The molecule has 1 aromatic carbocycles. The predicted molar refractivity (Wildman–Crippen MR) is 103 cm³/mol. The number of nitrogen functional groups attached to an aromatic ring is 1. The van der Waals surface area contributed by atoms with Crippen LogP contribution in [0, 0.1) is 5.82 Å². The number of benzene rings is 1. The van der Waals surface area contributed by atoms with Crippen molar-refractivity contribution in [1.82, 2.24) is 20.2 Å². The Morgan fingerprint density at radius 2 is 2.07 bits per heavy atom. The molecule has 7 nitrogen and oxygen atoms in total. The number of carbonyl (C=O) groups excluding carboxylic acids is 1. The monoisotopic (exact) mass is 395 g/mol. The highest BCUT2D eigenvalue weighted by Gasteiger charge is 2.14. The minimum absolute atomic E-state index is 0.0592. The van der Waals surface area contributed by atoms with Crippen molar-refractivity contribution in [3.05, 3.63) is 35.9 Å². The molecule has 0 radical (unpaired) electrons. The van der Waals surface area contributed by atoms with Gasteiger partial charge in [-0.2, -0.15) is 0 Å². The number of ether oxygens (including phenoxy) is 1. The Morgan fingerprint density at radius 3 is 2.78 bits per heavy atom. The zero-order valence-electron chi connectivity index (χ0n) is 15.7. The van der Waals surface area contributed by atoms with E-state index in [0.29, 0.717) is 16.7 Å². The molecule has 1 atom stereocenters. The number of nitrogens with two attached hydrogens (primary N) is 1. The number of hydrogen-bond acceptors (Lipinski definition) is 6. The van der Waals surface area contributed by atoms with Crippen LogP contribution in [0.25, 0.3) is 0 Å². The largest absolute Gasteiger partial charge is 0.486 e. The second-order valence-electron chi connectivity index (χ2n) is 6.26. The van der Waals surface area contributed by atoms with Gasteiger partial charge in [0.25, 0.3) is 0 Å². The van der Waals surface area contributed by atoms with Crippen LogP contribution in [0.1, 0.15) is 45.4 Å². The molecule has 0 fully saturated rings. The Kier molecular flexibility index (Phi) is 8.38. The summed E-state index contributed by atoms with van der Waals surface area (Å²) in [6, 6.07) is 5.82. The summed E-state index contributed by atoms with van der Waals surface area (Å²) in [6.07, 6.45) is 4.42. The lowest BCUT2D eigenvalue weighted by molar-refractivity contribution is -0.119. The Balaban J connectivity index is 1.77. The van der Waals surface area contributed by atoms with E-state index in [1.54, 1.807) is 0 Å². The zero-order chi connectivity index (χ0) is 19.6. The van der Waals surface area contributed by atoms with Gasteiger partial charge >= 0.3 is 0 Å². The first kappa shape index (κ1) is 21.0. The fraction of sp³-hybridized carbons (Fsp3) is 0.500. The van der Waals surface area contributed by atoms with Crippen molar-refractivity contribution in [2.24, 2.45) is 0 Å². The first-order chi connectivity index (χ1) is 13.0. The van der Waals surface area contributed by atoms with E-state index in [1.807, 2.05) is 6.92 Å². The molecule has 148 valence electrons. The molecule has 0 aliphatic heterocycles. The van der Waals surface area contributed by atoms with Crippen molar-refractivity contribution in [3.8, 4) is 5.75 Å². The Labute approximate surface area is 162 Å². The van der Waals surface area contributed by atoms with Crippen molar-refractivity contribution in [2.45, 2.75) is 57.3 Å². The van der Waals surface area contributed by atoms with Crippen LogP contribution in [0.3, 0.4) is 0 Å². The smallest absolute Gasteiger partial charge is 0.230 e. The number of halogens is 1. The Hall–Kier alpha value is -2.29. The van der Waals surface area contributed by atoms with Gasteiger partial charge in [-0.05, 0) is 37.6 Å². The number of amides is 1. The summed E-state index contributed by atoms with van der Waals surface area (Å²) >= 11 is 1.22. The van der Waals surface area contributed by atoms with Gasteiger partial charge in [-0.3, -0.25) is 4.79 Å². The maximum Gasteiger partial charge on any atom is 0.230 e. The van der Waals surface area contributed by atoms with Crippen LogP contribution in [0.15, 0.2) is 29.4 Å². The number of hydrogen-bond donors (Lipinski definition) is 2. The summed E-state index contributed by atoms with van der Waals surface area (Å²) in [5, 5.41) is 11.4. The predicted octanol–water partition coefficient (Wildman–Crippen LogP) is 2.89. The molecule has 1 aromatic heterocycles. The quantitative estimate of drug-likeness (QED) is 0.345. The van der Waals surface area contributed by atoms with E-state index in [9.17, 15) is 9.18 Å². The number of thioether (sulfide) groups is 1. The molecule has 1 amide bonds. The highest BCUT2D eigenvalue weighted by atomic mass is 32.2. The van der Waals surface area contributed by atoms with Gasteiger partial charge in [0, 0.05) is 6.04 Å². The Bertz CT molecular complexity index is 723. The average Bonchev–Trinajstić information content (AvgIpc) is 2.99. The lowest BCUT2D eigenvalue weighted by Crippen LogP contribution is -2.33. The van der Waals surface area contributed by atoms with E-state index in [1.165, 1.54) is 47.1 Å². The molecular weight excluding hydrogens is 369 g/mol. The third-order valence-corrected chi connectivity index (χ3v) is 4.84. The molecule has 0 saturated carbocycles. The normalized spacial score (nSPS) is 12.0. The highest BCUT2D eigenvalue weighted by molar-refractivity contribution is 7.99. The van der Waals surface area contributed by atoms with Gasteiger partial charge in [0.1, 0.15) is 18.2 Å². The number of rotatable bonds is 11. The van der Waals surface area contributed by atoms with Crippen LogP contribution in [-0.2, 0) is 11.4 Å². The van der Waals surface area contributed by atoms with Crippen LogP contribution in [0.2, 0.25) is 0 Å². The van der Waals surface area contributed by atoms with Crippen molar-refractivity contribution >= 4 is 17.7 Å². The van der Waals surface area contributed by atoms with Gasteiger partial charge in [-0.15, -0.1) is 10.2 Å². The maximum atomic E-state index is 12.9. The molecule has 1 heterocycles. The van der Waals surface area contributed by atoms with Gasteiger partial charge in [0.15, 0.2) is 5.82 Å². The van der Waals surface area contributed by atoms with Gasteiger partial charge < -0.3 is 15.9 Å². The van der Waals surface area contributed by atoms with Crippen LogP contribution in [0.4, 0.5) is 4.39 Å². The van der Waals surface area contributed by atoms with Crippen LogP contribution in [0.5, 0.6) is 5.75 Å². The van der Waals surface area contributed by atoms with E-state index in [0.717, 1.165) is 19.3 Å². The number of nitrogens with one attached hydrogen (secondary N) is 1. The molecule has 0 aliphatic carbocycles. The summed E-state index contributed by atoms with van der Waals surface area (Å²) in [6.45, 7) is 4.26. The molecule has 27 heavy (non-hydrogen) atoms. The molecule has 3 N–H and O–H groups in total. The van der Waals surface area contributed by atoms with E-state index in [4.69, 9.17) is 10.6 Å². The third kappa shape index (κ3) is 7.09. The first-order valence-electron chi connectivity index (χ1n) is 8.99. The van der Waals surface area contributed by atoms with E-state index < -0.39 is 0 Å².